The lowest BCUT2D eigenvalue weighted by atomic mass is 9.94. The number of aryl methyl sites for hydroxylation is 1. The van der Waals surface area contributed by atoms with Crippen LogP contribution in [-0.4, -0.2) is 45.1 Å². The fourth-order valence-corrected chi connectivity index (χ4v) is 7.70. The molecule has 7 rings (SSSR count). The highest BCUT2D eigenvalue weighted by atomic mass is 35.5. The minimum atomic E-state index is -3.80. The number of carbonyl (C=O) groups is 1. The highest BCUT2D eigenvalue weighted by Gasteiger charge is 2.67. The summed E-state index contributed by atoms with van der Waals surface area (Å²) in [6.45, 7) is -0.879. The van der Waals surface area contributed by atoms with Crippen LogP contribution in [0.2, 0.25) is 5.02 Å². The first-order chi connectivity index (χ1) is 23.9. The molecule has 4 N–H and O–H groups in total. The summed E-state index contributed by atoms with van der Waals surface area (Å²) >= 11 is 6.51. The van der Waals surface area contributed by atoms with Crippen LogP contribution in [0.3, 0.4) is 0 Å². The van der Waals surface area contributed by atoms with Crippen molar-refractivity contribution in [3.63, 3.8) is 0 Å². The maximum Gasteiger partial charge on any atom is 0.293 e. The standard InChI is InChI=1S/C32H27ClF6N8O3S/c1-46-28-17(3-4-21(33)25(28)31(44-46)45-51(2,49)50)18-9-16(40)11-41-26(18)22(7-13-5-14(34)8-15(35)6-13)42-23(48)12-47-29-24(27(43-47)30(36)37)19-10-20(19)32(29,38)39/h3-6,8-9,11,19-20,22,30H,7,10,12,40H2,1-2H3,(H,42,48)(H,44,45)/t19-,20+,22-/m0/s1. The van der Waals surface area contributed by atoms with Gasteiger partial charge in [0.1, 0.15) is 29.6 Å². The maximum absolute atomic E-state index is 15.2. The maximum atomic E-state index is 15.2. The average molecular weight is 753 g/mol. The molecule has 2 aliphatic rings. The number of carbonyl (C=O) groups excluding carboxylic acids is 1. The Morgan fingerprint density at radius 1 is 1.10 bits per heavy atom. The van der Waals surface area contributed by atoms with Crippen molar-refractivity contribution in [1.82, 2.24) is 29.9 Å². The normalized spacial score (nSPS) is 18.2. The summed E-state index contributed by atoms with van der Waals surface area (Å²) in [7, 11) is -2.27. The number of pyridine rings is 1. The van der Waals surface area contributed by atoms with Gasteiger partial charge in [-0.1, -0.05) is 17.7 Å². The molecule has 1 saturated carbocycles. The molecule has 2 aromatic carbocycles. The molecule has 268 valence electrons. The molecule has 19 heteroatoms. The molecule has 0 aliphatic heterocycles. The number of hydrogen-bond donors (Lipinski definition) is 3. The van der Waals surface area contributed by atoms with E-state index in [1.54, 1.807) is 6.07 Å². The van der Waals surface area contributed by atoms with E-state index in [0.29, 0.717) is 21.8 Å². The van der Waals surface area contributed by atoms with E-state index in [1.807, 2.05) is 0 Å². The number of amides is 1. The van der Waals surface area contributed by atoms with Crippen molar-refractivity contribution in [3.8, 4) is 11.1 Å². The van der Waals surface area contributed by atoms with Gasteiger partial charge >= 0.3 is 0 Å². The number of aromatic nitrogens is 5. The van der Waals surface area contributed by atoms with Crippen molar-refractivity contribution >= 4 is 49.9 Å². The number of benzene rings is 2. The molecule has 3 aromatic heterocycles. The van der Waals surface area contributed by atoms with Gasteiger partial charge < -0.3 is 11.1 Å². The molecular formula is C32H27ClF6N8O3S. The molecule has 3 heterocycles. The summed E-state index contributed by atoms with van der Waals surface area (Å²) in [5, 5.41) is 11.0. The van der Waals surface area contributed by atoms with Crippen LogP contribution in [0, 0.1) is 17.6 Å². The highest BCUT2D eigenvalue weighted by molar-refractivity contribution is 7.92. The minimum absolute atomic E-state index is 0.0376. The van der Waals surface area contributed by atoms with Crippen LogP contribution in [0.4, 0.5) is 37.8 Å². The molecule has 0 spiro atoms. The number of anilines is 2. The number of hydrogen-bond acceptors (Lipinski definition) is 7. The zero-order chi connectivity index (χ0) is 36.7. The van der Waals surface area contributed by atoms with Gasteiger partial charge in [0, 0.05) is 35.7 Å². The number of nitrogens with zero attached hydrogens (tertiary/aromatic N) is 5. The van der Waals surface area contributed by atoms with E-state index in [-0.39, 0.29) is 57.1 Å². The van der Waals surface area contributed by atoms with Crippen molar-refractivity contribution < 1.29 is 39.6 Å². The number of fused-ring (bicyclic) bond motifs is 4. The molecule has 0 unspecified atom stereocenters. The van der Waals surface area contributed by atoms with Crippen LogP contribution in [-0.2, 0) is 40.8 Å². The lowest BCUT2D eigenvalue weighted by Crippen LogP contribution is -2.35. The van der Waals surface area contributed by atoms with Crippen molar-refractivity contribution in [2.45, 2.75) is 43.7 Å². The largest absolute Gasteiger partial charge is 0.397 e. The third-order valence-electron chi connectivity index (χ3n) is 8.94. The fraction of sp³-hybridized carbons (Fsp3) is 0.312. The lowest BCUT2D eigenvalue weighted by Gasteiger charge is -2.23. The molecule has 0 saturated heterocycles. The second kappa shape index (κ2) is 12.1. The number of alkyl halides is 4. The van der Waals surface area contributed by atoms with E-state index in [4.69, 9.17) is 17.3 Å². The van der Waals surface area contributed by atoms with Gasteiger partial charge in [0.15, 0.2) is 5.82 Å². The van der Waals surface area contributed by atoms with E-state index in [0.717, 1.165) is 18.4 Å². The summed E-state index contributed by atoms with van der Waals surface area (Å²) in [5.74, 6) is -8.23. The van der Waals surface area contributed by atoms with Crippen molar-refractivity contribution in [1.29, 1.82) is 0 Å². The Hall–Kier alpha value is -4.84. The second-order valence-electron chi connectivity index (χ2n) is 12.6. The van der Waals surface area contributed by atoms with E-state index >= 15 is 8.78 Å². The molecule has 2 aliphatic carbocycles. The zero-order valence-electron chi connectivity index (χ0n) is 26.6. The number of halogens is 7. The van der Waals surface area contributed by atoms with Crippen molar-refractivity contribution in [2.24, 2.45) is 13.0 Å². The second-order valence-corrected chi connectivity index (χ2v) is 14.8. The molecule has 5 aromatic rings. The Morgan fingerprint density at radius 3 is 2.47 bits per heavy atom. The van der Waals surface area contributed by atoms with Gasteiger partial charge in [0.2, 0.25) is 15.9 Å². The highest BCUT2D eigenvalue weighted by Crippen LogP contribution is 2.68. The summed E-state index contributed by atoms with van der Waals surface area (Å²) in [5.41, 5.74) is 5.63. The van der Waals surface area contributed by atoms with Crippen LogP contribution in [0.1, 0.15) is 53.0 Å². The molecule has 0 bridgehead atoms. The molecule has 51 heavy (non-hydrogen) atoms. The zero-order valence-corrected chi connectivity index (χ0v) is 28.1. The quantitative estimate of drug-likeness (QED) is 0.149. The predicted molar refractivity (Wildman–Crippen MR) is 175 cm³/mol. The van der Waals surface area contributed by atoms with E-state index in [2.05, 4.69) is 25.2 Å². The first-order valence-electron chi connectivity index (χ1n) is 15.3. The number of nitrogens with two attached hydrogens (primary N) is 1. The Morgan fingerprint density at radius 2 is 1.80 bits per heavy atom. The van der Waals surface area contributed by atoms with Gasteiger partial charge in [0.05, 0.1) is 45.8 Å². The van der Waals surface area contributed by atoms with Crippen LogP contribution in [0.25, 0.3) is 22.0 Å². The van der Waals surface area contributed by atoms with Gasteiger partial charge in [-0.3, -0.25) is 23.9 Å². The van der Waals surface area contributed by atoms with Gasteiger partial charge in [-0.05, 0) is 48.6 Å². The summed E-state index contributed by atoms with van der Waals surface area (Å²) in [6, 6.07) is 6.04. The van der Waals surface area contributed by atoms with Crippen molar-refractivity contribution in [2.75, 3.05) is 16.7 Å². The van der Waals surface area contributed by atoms with Crippen LogP contribution >= 0.6 is 11.6 Å². The monoisotopic (exact) mass is 752 g/mol. The molecular weight excluding hydrogens is 726 g/mol. The molecule has 1 amide bonds. The molecule has 0 radical (unpaired) electrons. The predicted octanol–water partition coefficient (Wildman–Crippen LogP) is 5.96. The molecule has 1 fully saturated rings. The van der Waals surface area contributed by atoms with Gasteiger partial charge in [-0.15, -0.1) is 0 Å². The summed E-state index contributed by atoms with van der Waals surface area (Å²) in [6.07, 6.45) is -1.20. The van der Waals surface area contributed by atoms with Gasteiger partial charge in [0.25, 0.3) is 12.3 Å². The number of nitrogen functional groups attached to an aromatic ring is 1. The SMILES string of the molecule is Cn1nc(NS(C)(=O)=O)c2c(Cl)ccc(-c3cc(N)cnc3[C@H](Cc3cc(F)cc(F)c3)NC(=O)Cn3nc(C(F)F)c4c3C(F)(F)[C@@H]3C[C@H]43)c21. The van der Waals surface area contributed by atoms with E-state index in [9.17, 15) is 30.8 Å². The van der Waals surface area contributed by atoms with Crippen LogP contribution in [0.15, 0.2) is 42.6 Å². The third kappa shape index (κ3) is 6.23. The topological polar surface area (TPSA) is 150 Å². The van der Waals surface area contributed by atoms with E-state index in [1.165, 1.54) is 30.1 Å². The summed E-state index contributed by atoms with van der Waals surface area (Å²) < 4.78 is 115. The summed E-state index contributed by atoms with van der Waals surface area (Å²) in [4.78, 5) is 18.1. The lowest BCUT2D eigenvalue weighted by molar-refractivity contribution is -0.123. The van der Waals surface area contributed by atoms with Crippen molar-refractivity contribution in [3.05, 3.63) is 87.5 Å². The Balaban J connectivity index is 1.33. The van der Waals surface area contributed by atoms with Gasteiger partial charge in [-0.2, -0.15) is 19.0 Å². The first kappa shape index (κ1) is 34.6. The molecule has 3 atom stereocenters. The first-order valence-corrected chi connectivity index (χ1v) is 17.6. The van der Waals surface area contributed by atoms with E-state index < -0.39 is 75.7 Å². The Kier molecular flexibility index (Phi) is 8.24. The number of sulfonamides is 1. The minimum Gasteiger partial charge on any atom is -0.397 e. The van der Waals surface area contributed by atoms with Crippen LogP contribution in [0.5, 0.6) is 0 Å². The van der Waals surface area contributed by atoms with Crippen LogP contribution < -0.4 is 15.8 Å². The average Bonchev–Trinajstić information content (AvgIpc) is 3.56. The Labute approximate surface area is 290 Å². The number of nitrogens with one attached hydrogen (secondary N) is 2. The van der Waals surface area contributed by atoms with Gasteiger partial charge in [-0.25, -0.2) is 26.0 Å². The smallest absolute Gasteiger partial charge is 0.293 e. The third-order valence-corrected chi connectivity index (χ3v) is 9.82. The number of rotatable bonds is 10. The molecule has 11 nitrogen and oxygen atoms in total. The Bertz CT molecular complexity index is 2350. The fourth-order valence-electron chi connectivity index (χ4n) is 6.96.